The number of benzene rings is 2. The standard InChI is InChI=1S/C22H24N2O3/c1-16(25)18-10-5-11-19(15-18)24-21(27)22(12-13-22)20(26)23-14-6-9-17-7-3-2-4-8-17/h2-5,7-8,10-11,15H,6,9,12-14H2,1H3,(H,23,26)(H,24,27). The van der Waals surface area contributed by atoms with Crippen molar-refractivity contribution < 1.29 is 14.4 Å². The molecule has 0 aliphatic heterocycles. The minimum Gasteiger partial charge on any atom is -0.355 e. The van der Waals surface area contributed by atoms with Gasteiger partial charge in [0.15, 0.2) is 5.78 Å². The Labute approximate surface area is 159 Å². The summed E-state index contributed by atoms with van der Waals surface area (Å²) >= 11 is 0. The highest BCUT2D eigenvalue weighted by molar-refractivity contribution is 6.13. The largest absolute Gasteiger partial charge is 0.355 e. The Balaban J connectivity index is 1.51. The van der Waals surface area contributed by atoms with Crippen molar-refractivity contribution in [3.05, 3.63) is 65.7 Å². The molecule has 2 aromatic carbocycles. The maximum absolute atomic E-state index is 12.6. The average Bonchev–Trinajstić information content (AvgIpc) is 3.48. The van der Waals surface area contributed by atoms with Gasteiger partial charge in [-0.1, -0.05) is 42.5 Å². The Kier molecular flexibility index (Phi) is 5.69. The van der Waals surface area contributed by atoms with Gasteiger partial charge in [0.1, 0.15) is 5.41 Å². The van der Waals surface area contributed by atoms with E-state index in [2.05, 4.69) is 22.8 Å². The number of ketones is 1. The quantitative estimate of drug-likeness (QED) is 0.428. The number of anilines is 1. The Hall–Kier alpha value is -2.95. The Bertz CT molecular complexity index is 842. The number of aryl methyl sites for hydroxylation is 1. The molecule has 0 bridgehead atoms. The molecule has 0 spiro atoms. The normalized spacial score (nSPS) is 14.3. The van der Waals surface area contributed by atoms with Gasteiger partial charge in [0.2, 0.25) is 11.8 Å². The van der Waals surface area contributed by atoms with Crippen molar-refractivity contribution in [2.24, 2.45) is 5.41 Å². The third-order valence-corrected chi connectivity index (χ3v) is 4.92. The van der Waals surface area contributed by atoms with Crippen LogP contribution < -0.4 is 10.6 Å². The van der Waals surface area contributed by atoms with E-state index >= 15 is 0 Å². The number of hydrogen-bond donors (Lipinski definition) is 2. The third kappa shape index (κ3) is 4.61. The molecule has 27 heavy (non-hydrogen) atoms. The van der Waals surface area contributed by atoms with E-state index in [0.717, 1.165) is 12.8 Å². The maximum Gasteiger partial charge on any atom is 0.240 e. The molecule has 5 nitrogen and oxygen atoms in total. The van der Waals surface area contributed by atoms with E-state index < -0.39 is 5.41 Å². The first kappa shape index (κ1) is 18.8. The van der Waals surface area contributed by atoms with E-state index in [1.165, 1.54) is 12.5 Å². The zero-order chi connectivity index (χ0) is 19.3. The van der Waals surface area contributed by atoms with Crippen LogP contribution in [0.1, 0.15) is 42.1 Å². The van der Waals surface area contributed by atoms with Crippen molar-refractivity contribution in [2.75, 3.05) is 11.9 Å². The van der Waals surface area contributed by atoms with E-state index in [0.29, 0.717) is 30.6 Å². The summed E-state index contributed by atoms with van der Waals surface area (Å²) in [7, 11) is 0. The van der Waals surface area contributed by atoms with Crippen molar-refractivity contribution in [3.63, 3.8) is 0 Å². The molecule has 2 amide bonds. The summed E-state index contributed by atoms with van der Waals surface area (Å²) in [6.45, 7) is 2.02. The molecule has 0 saturated heterocycles. The molecular formula is C22H24N2O3. The number of carbonyl (C=O) groups is 3. The summed E-state index contributed by atoms with van der Waals surface area (Å²) < 4.78 is 0. The van der Waals surface area contributed by atoms with E-state index in [1.807, 2.05) is 18.2 Å². The van der Waals surface area contributed by atoms with Gasteiger partial charge in [-0.15, -0.1) is 0 Å². The first-order valence-electron chi connectivity index (χ1n) is 9.26. The van der Waals surface area contributed by atoms with Crippen molar-refractivity contribution in [3.8, 4) is 0 Å². The number of amides is 2. The molecule has 140 valence electrons. The molecule has 0 atom stereocenters. The molecule has 3 rings (SSSR count). The van der Waals surface area contributed by atoms with Gasteiger partial charge >= 0.3 is 0 Å². The van der Waals surface area contributed by atoms with E-state index in [9.17, 15) is 14.4 Å². The topological polar surface area (TPSA) is 75.3 Å². The Morgan fingerprint density at radius 3 is 2.37 bits per heavy atom. The fourth-order valence-electron chi connectivity index (χ4n) is 3.06. The lowest BCUT2D eigenvalue weighted by Gasteiger charge is -2.16. The fourth-order valence-corrected chi connectivity index (χ4v) is 3.06. The first-order chi connectivity index (χ1) is 13.0. The monoisotopic (exact) mass is 364 g/mol. The number of rotatable bonds is 8. The second-order valence-electron chi connectivity index (χ2n) is 7.02. The lowest BCUT2D eigenvalue weighted by Crippen LogP contribution is -2.40. The molecule has 0 unspecified atom stereocenters. The molecule has 1 fully saturated rings. The van der Waals surface area contributed by atoms with E-state index in [1.54, 1.807) is 24.3 Å². The molecule has 0 heterocycles. The summed E-state index contributed by atoms with van der Waals surface area (Å²) in [5.41, 5.74) is 1.33. The van der Waals surface area contributed by atoms with Gasteiger partial charge in [-0.25, -0.2) is 0 Å². The summed E-state index contributed by atoms with van der Waals surface area (Å²) in [5.74, 6) is -0.581. The summed E-state index contributed by atoms with van der Waals surface area (Å²) in [6.07, 6.45) is 2.82. The van der Waals surface area contributed by atoms with Gasteiger partial charge in [-0.3, -0.25) is 14.4 Å². The number of nitrogens with one attached hydrogen (secondary N) is 2. The third-order valence-electron chi connectivity index (χ3n) is 4.92. The van der Waals surface area contributed by atoms with Crippen LogP contribution in [0.5, 0.6) is 0 Å². The zero-order valence-electron chi connectivity index (χ0n) is 15.5. The number of carbonyl (C=O) groups excluding carboxylic acids is 3. The summed E-state index contributed by atoms with van der Waals surface area (Å²) in [5, 5.41) is 5.68. The predicted molar refractivity (Wildman–Crippen MR) is 105 cm³/mol. The van der Waals surface area contributed by atoms with Gasteiger partial charge in [0.05, 0.1) is 0 Å². The van der Waals surface area contributed by atoms with Gasteiger partial charge < -0.3 is 10.6 Å². The van der Waals surface area contributed by atoms with Crippen molar-refractivity contribution in [1.29, 1.82) is 0 Å². The van der Waals surface area contributed by atoms with Gasteiger partial charge in [0, 0.05) is 17.8 Å². The van der Waals surface area contributed by atoms with E-state index in [-0.39, 0.29) is 17.6 Å². The lowest BCUT2D eigenvalue weighted by atomic mass is 10.0. The van der Waals surface area contributed by atoms with Crippen molar-refractivity contribution in [1.82, 2.24) is 5.32 Å². The molecule has 2 N–H and O–H groups in total. The second kappa shape index (κ2) is 8.16. The Morgan fingerprint density at radius 2 is 1.70 bits per heavy atom. The molecule has 0 aromatic heterocycles. The molecule has 0 radical (unpaired) electrons. The van der Waals surface area contributed by atoms with Crippen LogP contribution in [0.25, 0.3) is 0 Å². The van der Waals surface area contributed by atoms with Gasteiger partial charge in [-0.2, -0.15) is 0 Å². The van der Waals surface area contributed by atoms with Crippen LogP contribution in [0, 0.1) is 5.41 Å². The fraction of sp³-hybridized carbons (Fsp3) is 0.318. The predicted octanol–water partition coefficient (Wildman–Crippen LogP) is 3.36. The highest BCUT2D eigenvalue weighted by atomic mass is 16.2. The molecule has 1 aliphatic rings. The minimum absolute atomic E-state index is 0.0663. The minimum atomic E-state index is -0.973. The average molecular weight is 364 g/mol. The second-order valence-corrected chi connectivity index (χ2v) is 7.02. The van der Waals surface area contributed by atoms with Crippen LogP contribution in [0.15, 0.2) is 54.6 Å². The number of hydrogen-bond acceptors (Lipinski definition) is 3. The Morgan fingerprint density at radius 1 is 0.963 bits per heavy atom. The first-order valence-corrected chi connectivity index (χ1v) is 9.26. The van der Waals surface area contributed by atoms with Crippen LogP contribution in [-0.4, -0.2) is 24.1 Å². The highest BCUT2D eigenvalue weighted by Crippen LogP contribution is 2.46. The maximum atomic E-state index is 12.6. The van der Waals surface area contributed by atoms with Crippen LogP contribution in [0.3, 0.4) is 0 Å². The molecular weight excluding hydrogens is 340 g/mol. The summed E-state index contributed by atoms with van der Waals surface area (Å²) in [4.78, 5) is 36.6. The van der Waals surface area contributed by atoms with Crippen LogP contribution in [0.4, 0.5) is 5.69 Å². The molecule has 5 heteroatoms. The lowest BCUT2D eigenvalue weighted by molar-refractivity contribution is -0.134. The van der Waals surface area contributed by atoms with Crippen molar-refractivity contribution >= 4 is 23.3 Å². The van der Waals surface area contributed by atoms with Gasteiger partial charge in [-0.05, 0) is 50.3 Å². The van der Waals surface area contributed by atoms with Crippen LogP contribution >= 0.6 is 0 Å². The molecule has 1 aliphatic carbocycles. The van der Waals surface area contributed by atoms with Crippen molar-refractivity contribution in [2.45, 2.75) is 32.6 Å². The van der Waals surface area contributed by atoms with Crippen LogP contribution in [0.2, 0.25) is 0 Å². The number of Topliss-reactive ketones (excluding diaryl/α,β-unsaturated/α-hetero) is 1. The smallest absolute Gasteiger partial charge is 0.240 e. The van der Waals surface area contributed by atoms with Gasteiger partial charge in [0.25, 0.3) is 0 Å². The SMILES string of the molecule is CC(=O)c1cccc(NC(=O)C2(C(=O)NCCCc3ccccc3)CC2)c1. The molecule has 1 saturated carbocycles. The highest BCUT2D eigenvalue weighted by Gasteiger charge is 2.56. The van der Waals surface area contributed by atoms with Crippen LogP contribution in [-0.2, 0) is 16.0 Å². The molecule has 2 aromatic rings. The van der Waals surface area contributed by atoms with E-state index in [4.69, 9.17) is 0 Å². The summed E-state index contributed by atoms with van der Waals surface area (Å²) in [6, 6.07) is 16.9. The zero-order valence-corrected chi connectivity index (χ0v) is 15.5.